The highest BCUT2D eigenvalue weighted by molar-refractivity contribution is 7.87. The third-order valence-corrected chi connectivity index (χ3v) is 5.87. The Morgan fingerprint density at radius 3 is 2.61 bits per heavy atom. The average Bonchev–Trinajstić information content (AvgIpc) is 2.32. The molecule has 18 heavy (non-hydrogen) atoms. The van der Waals surface area contributed by atoms with E-state index in [4.69, 9.17) is 0 Å². The van der Waals surface area contributed by atoms with Crippen molar-refractivity contribution < 1.29 is 8.42 Å². The summed E-state index contributed by atoms with van der Waals surface area (Å²) in [6.45, 7) is 5.69. The maximum absolute atomic E-state index is 12.4. The zero-order chi connectivity index (χ0) is 13.2. The van der Waals surface area contributed by atoms with E-state index in [1.807, 2.05) is 13.8 Å². The first kappa shape index (κ1) is 14.2. The molecule has 2 N–H and O–H groups in total. The van der Waals surface area contributed by atoms with Gasteiger partial charge in [0.25, 0.3) is 10.2 Å². The van der Waals surface area contributed by atoms with Crippen molar-refractivity contribution >= 4 is 10.2 Å². The molecule has 0 spiro atoms. The van der Waals surface area contributed by atoms with E-state index in [0.717, 1.165) is 38.6 Å². The topological polar surface area (TPSA) is 61.4 Å². The van der Waals surface area contributed by atoms with Crippen molar-refractivity contribution in [3.8, 4) is 0 Å². The predicted molar refractivity (Wildman–Crippen MR) is 72.6 cm³/mol. The zero-order valence-corrected chi connectivity index (χ0v) is 12.2. The van der Waals surface area contributed by atoms with Crippen LogP contribution in [0, 0.1) is 0 Å². The van der Waals surface area contributed by atoms with E-state index in [-0.39, 0.29) is 18.1 Å². The lowest BCUT2D eigenvalue weighted by atomic mass is 10.0. The second-order valence-corrected chi connectivity index (χ2v) is 7.22. The van der Waals surface area contributed by atoms with Crippen LogP contribution in [-0.4, -0.2) is 43.9 Å². The standard InChI is InChI=1S/C12H25N3O2S/c1-10-6-3-4-9-15(10)18(16,17)14-12-7-5-8-13-11(12)2/h10-14H,3-9H2,1-2H3. The largest absolute Gasteiger partial charge is 0.313 e. The van der Waals surface area contributed by atoms with Gasteiger partial charge in [-0.25, -0.2) is 0 Å². The molecule has 0 amide bonds. The van der Waals surface area contributed by atoms with Crippen LogP contribution in [0.25, 0.3) is 0 Å². The molecule has 2 heterocycles. The first-order valence-electron chi connectivity index (χ1n) is 7.03. The van der Waals surface area contributed by atoms with Crippen molar-refractivity contribution in [3.63, 3.8) is 0 Å². The molecular formula is C12H25N3O2S. The van der Waals surface area contributed by atoms with E-state index in [1.54, 1.807) is 4.31 Å². The average molecular weight is 275 g/mol. The fourth-order valence-electron chi connectivity index (χ4n) is 2.89. The van der Waals surface area contributed by atoms with Crippen LogP contribution in [0.4, 0.5) is 0 Å². The molecule has 0 aromatic heterocycles. The minimum atomic E-state index is -3.32. The summed E-state index contributed by atoms with van der Waals surface area (Å²) in [6.07, 6.45) is 5.04. The molecule has 0 aromatic carbocycles. The maximum atomic E-state index is 12.4. The zero-order valence-electron chi connectivity index (χ0n) is 11.4. The van der Waals surface area contributed by atoms with Crippen LogP contribution in [0.1, 0.15) is 46.0 Å². The predicted octanol–water partition coefficient (Wildman–Crippen LogP) is 0.836. The number of nitrogens with one attached hydrogen (secondary N) is 2. The number of hydrogen-bond acceptors (Lipinski definition) is 3. The highest BCUT2D eigenvalue weighted by Crippen LogP contribution is 2.20. The quantitative estimate of drug-likeness (QED) is 0.802. The van der Waals surface area contributed by atoms with Crippen LogP contribution in [-0.2, 0) is 10.2 Å². The summed E-state index contributed by atoms with van der Waals surface area (Å²) in [7, 11) is -3.32. The highest BCUT2D eigenvalue weighted by atomic mass is 32.2. The number of piperidine rings is 2. The van der Waals surface area contributed by atoms with Crippen LogP contribution in [0.15, 0.2) is 0 Å². The van der Waals surface area contributed by atoms with E-state index >= 15 is 0 Å². The summed E-state index contributed by atoms with van der Waals surface area (Å²) in [5.74, 6) is 0. The molecule has 2 aliphatic heterocycles. The highest BCUT2D eigenvalue weighted by Gasteiger charge is 2.33. The molecule has 6 heteroatoms. The first-order chi connectivity index (χ1) is 8.50. The molecule has 0 saturated carbocycles. The number of hydrogen-bond donors (Lipinski definition) is 2. The summed E-state index contributed by atoms with van der Waals surface area (Å²) >= 11 is 0. The van der Waals surface area contributed by atoms with Crippen molar-refractivity contribution in [2.24, 2.45) is 0 Å². The van der Waals surface area contributed by atoms with Gasteiger partial charge in [0.2, 0.25) is 0 Å². The van der Waals surface area contributed by atoms with Crippen LogP contribution in [0.2, 0.25) is 0 Å². The van der Waals surface area contributed by atoms with E-state index in [2.05, 4.69) is 10.0 Å². The fraction of sp³-hybridized carbons (Fsp3) is 1.00. The van der Waals surface area contributed by atoms with Gasteiger partial charge in [0, 0.05) is 24.7 Å². The lowest BCUT2D eigenvalue weighted by Gasteiger charge is -2.36. The summed E-state index contributed by atoms with van der Waals surface area (Å²) in [6, 6.07) is 0.370. The van der Waals surface area contributed by atoms with Crippen molar-refractivity contribution in [2.45, 2.75) is 64.1 Å². The number of nitrogens with zero attached hydrogens (tertiary/aromatic N) is 1. The Kier molecular flexibility index (Phi) is 4.64. The summed E-state index contributed by atoms with van der Waals surface area (Å²) in [4.78, 5) is 0. The van der Waals surface area contributed by atoms with Gasteiger partial charge in [-0.1, -0.05) is 6.42 Å². The van der Waals surface area contributed by atoms with Crippen molar-refractivity contribution in [1.82, 2.24) is 14.3 Å². The Hall–Kier alpha value is -0.170. The van der Waals surface area contributed by atoms with E-state index in [1.165, 1.54) is 0 Å². The molecule has 0 aliphatic carbocycles. The maximum Gasteiger partial charge on any atom is 0.279 e. The Bertz CT molecular complexity index is 372. The Morgan fingerprint density at radius 1 is 1.17 bits per heavy atom. The second-order valence-electron chi connectivity index (χ2n) is 5.57. The fourth-order valence-corrected chi connectivity index (χ4v) is 4.68. The van der Waals surface area contributed by atoms with E-state index in [9.17, 15) is 8.42 Å². The van der Waals surface area contributed by atoms with Gasteiger partial charge < -0.3 is 5.32 Å². The van der Waals surface area contributed by atoms with Crippen molar-refractivity contribution in [1.29, 1.82) is 0 Å². The molecule has 5 nitrogen and oxygen atoms in total. The molecule has 2 aliphatic rings. The lowest BCUT2D eigenvalue weighted by Crippen LogP contribution is -2.56. The lowest BCUT2D eigenvalue weighted by molar-refractivity contribution is 0.258. The minimum Gasteiger partial charge on any atom is -0.313 e. The van der Waals surface area contributed by atoms with Gasteiger partial charge >= 0.3 is 0 Å². The van der Waals surface area contributed by atoms with Gasteiger partial charge in [-0.3, -0.25) is 0 Å². The van der Waals surface area contributed by atoms with Crippen molar-refractivity contribution in [2.75, 3.05) is 13.1 Å². The van der Waals surface area contributed by atoms with E-state index < -0.39 is 10.2 Å². The summed E-state index contributed by atoms with van der Waals surface area (Å²) < 4.78 is 29.3. The van der Waals surface area contributed by atoms with Crippen molar-refractivity contribution in [3.05, 3.63) is 0 Å². The van der Waals surface area contributed by atoms with E-state index in [0.29, 0.717) is 6.54 Å². The van der Waals surface area contributed by atoms with Gasteiger partial charge in [0.1, 0.15) is 0 Å². The molecule has 2 fully saturated rings. The first-order valence-corrected chi connectivity index (χ1v) is 8.47. The molecule has 3 unspecified atom stereocenters. The Labute approximate surface area is 110 Å². The van der Waals surface area contributed by atoms with Crippen LogP contribution in [0.3, 0.4) is 0 Å². The molecule has 2 rings (SSSR count). The normalized spacial score (nSPS) is 35.6. The second kappa shape index (κ2) is 5.86. The van der Waals surface area contributed by atoms with Gasteiger partial charge in [-0.05, 0) is 46.1 Å². The van der Waals surface area contributed by atoms with Crippen LogP contribution in [0.5, 0.6) is 0 Å². The summed E-state index contributed by atoms with van der Waals surface area (Å²) in [5.41, 5.74) is 0. The molecule has 106 valence electrons. The molecule has 3 atom stereocenters. The molecule has 2 saturated heterocycles. The molecular weight excluding hydrogens is 250 g/mol. The van der Waals surface area contributed by atoms with Gasteiger partial charge in [-0.15, -0.1) is 0 Å². The number of rotatable bonds is 3. The molecule has 0 bridgehead atoms. The summed E-state index contributed by atoms with van der Waals surface area (Å²) in [5, 5.41) is 3.32. The van der Waals surface area contributed by atoms with Crippen LogP contribution >= 0.6 is 0 Å². The monoisotopic (exact) mass is 275 g/mol. The minimum absolute atomic E-state index is 0.0258. The Morgan fingerprint density at radius 2 is 1.94 bits per heavy atom. The smallest absolute Gasteiger partial charge is 0.279 e. The van der Waals surface area contributed by atoms with Gasteiger partial charge in [-0.2, -0.15) is 17.4 Å². The van der Waals surface area contributed by atoms with Gasteiger partial charge in [0.15, 0.2) is 0 Å². The Balaban J connectivity index is 2.01. The molecule has 0 radical (unpaired) electrons. The SMILES string of the molecule is CC1NCCCC1NS(=O)(=O)N1CCCCC1C. The molecule has 0 aromatic rings. The third-order valence-electron chi connectivity index (χ3n) is 4.11. The van der Waals surface area contributed by atoms with Gasteiger partial charge in [0.05, 0.1) is 0 Å². The van der Waals surface area contributed by atoms with Crippen LogP contribution < -0.4 is 10.0 Å². The third kappa shape index (κ3) is 3.23.